The second-order valence-electron chi connectivity index (χ2n) is 4.23. The largest absolute Gasteiger partial charge is 0.341 e. The number of halogens is 1. The van der Waals surface area contributed by atoms with Crippen molar-refractivity contribution in [2.75, 3.05) is 5.32 Å². The third-order valence-electron chi connectivity index (χ3n) is 2.87. The Hall–Kier alpha value is -1.59. The Labute approximate surface area is 122 Å². The number of carbonyl (C=O) groups excluding carboxylic acids is 1. The third kappa shape index (κ3) is 2.31. The molecule has 0 saturated carbocycles. The highest BCUT2D eigenvalue weighted by molar-refractivity contribution is 9.10. The van der Waals surface area contributed by atoms with E-state index in [1.807, 2.05) is 35.7 Å². The van der Waals surface area contributed by atoms with Crippen molar-refractivity contribution in [2.24, 2.45) is 0 Å². The minimum atomic E-state index is 0.0515. The molecule has 0 saturated heterocycles. The SMILES string of the molecule is CC(=O)c1c(Nc2cc(Br)cs2)[nH]c2ccccc12. The van der Waals surface area contributed by atoms with Crippen LogP contribution < -0.4 is 5.32 Å². The van der Waals surface area contributed by atoms with Crippen LogP contribution in [0.2, 0.25) is 0 Å². The van der Waals surface area contributed by atoms with Gasteiger partial charge in [-0.1, -0.05) is 18.2 Å². The number of H-pyrrole nitrogens is 1. The van der Waals surface area contributed by atoms with E-state index in [1.165, 1.54) is 0 Å². The third-order valence-corrected chi connectivity index (χ3v) is 4.48. The van der Waals surface area contributed by atoms with Gasteiger partial charge in [0.2, 0.25) is 0 Å². The lowest BCUT2D eigenvalue weighted by atomic mass is 10.1. The molecule has 5 heteroatoms. The summed E-state index contributed by atoms with van der Waals surface area (Å²) in [6.07, 6.45) is 0. The van der Waals surface area contributed by atoms with E-state index in [0.29, 0.717) is 5.56 Å². The molecule has 3 aromatic rings. The van der Waals surface area contributed by atoms with Crippen LogP contribution in [0.3, 0.4) is 0 Å². The number of para-hydroxylation sites is 1. The average Bonchev–Trinajstić information content (AvgIpc) is 2.92. The number of hydrogen-bond acceptors (Lipinski definition) is 3. The molecule has 0 aliphatic heterocycles. The Balaban J connectivity index is 2.12. The van der Waals surface area contributed by atoms with Crippen molar-refractivity contribution in [3.8, 4) is 0 Å². The predicted molar refractivity (Wildman–Crippen MR) is 83.6 cm³/mol. The van der Waals surface area contributed by atoms with Gasteiger partial charge in [0.15, 0.2) is 5.78 Å². The van der Waals surface area contributed by atoms with Crippen molar-refractivity contribution < 1.29 is 4.79 Å². The van der Waals surface area contributed by atoms with Crippen LogP contribution in [-0.2, 0) is 0 Å². The van der Waals surface area contributed by atoms with Gasteiger partial charge in [-0.15, -0.1) is 11.3 Å². The van der Waals surface area contributed by atoms with E-state index in [4.69, 9.17) is 0 Å². The number of aromatic nitrogens is 1. The number of aromatic amines is 1. The molecule has 2 aromatic heterocycles. The number of Topliss-reactive ketones (excluding diaryl/α,β-unsaturated/α-hetero) is 1. The zero-order chi connectivity index (χ0) is 13.4. The zero-order valence-corrected chi connectivity index (χ0v) is 12.6. The molecule has 2 N–H and O–H groups in total. The van der Waals surface area contributed by atoms with Gasteiger partial charge in [-0.25, -0.2) is 0 Å². The summed E-state index contributed by atoms with van der Waals surface area (Å²) in [5, 5.41) is 7.21. The van der Waals surface area contributed by atoms with Crippen LogP contribution in [0.15, 0.2) is 40.2 Å². The molecular formula is C14H11BrN2OS. The molecule has 2 heterocycles. The summed E-state index contributed by atoms with van der Waals surface area (Å²) in [4.78, 5) is 15.1. The van der Waals surface area contributed by atoms with Crippen LogP contribution in [0.4, 0.5) is 10.8 Å². The van der Waals surface area contributed by atoms with Crippen molar-refractivity contribution in [1.82, 2.24) is 4.98 Å². The molecule has 0 amide bonds. The highest BCUT2D eigenvalue weighted by Crippen LogP contribution is 2.32. The van der Waals surface area contributed by atoms with E-state index in [2.05, 4.69) is 26.2 Å². The summed E-state index contributed by atoms with van der Waals surface area (Å²) in [6.45, 7) is 1.59. The number of ketones is 1. The lowest BCUT2D eigenvalue weighted by molar-refractivity contribution is 0.102. The van der Waals surface area contributed by atoms with E-state index < -0.39 is 0 Å². The van der Waals surface area contributed by atoms with Gasteiger partial charge in [0, 0.05) is 20.8 Å². The first-order chi connectivity index (χ1) is 9.15. The quantitative estimate of drug-likeness (QED) is 0.666. The van der Waals surface area contributed by atoms with E-state index in [-0.39, 0.29) is 5.78 Å². The molecule has 0 unspecified atom stereocenters. The summed E-state index contributed by atoms with van der Waals surface area (Å²) >= 11 is 5.01. The van der Waals surface area contributed by atoms with Crippen molar-refractivity contribution in [2.45, 2.75) is 6.92 Å². The van der Waals surface area contributed by atoms with Gasteiger partial charge in [0.25, 0.3) is 0 Å². The lowest BCUT2D eigenvalue weighted by Crippen LogP contribution is -1.97. The number of rotatable bonds is 3. The van der Waals surface area contributed by atoms with Gasteiger partial charge in [-0.3, -0.25) is 4.79 Å². The Bertz CT molecular complexity index is 760. The number of benzene rings is 1. The lowest BCUT2D eigenvalue weighted by Gasteiger charge is -2.02. The van der Waals surface area contributed by atoms with Gasteiger partial charge in [-0.2, -0.15) is 0 Å². The Kier molecular flexibility index (Phi) is 3.16. The molecular weight excluding hydrogens is 324 g/mol. The van der Waals surface area contributed by atoms with Crippen molar-refractivity contribution in [1.29, 1.82) is 0 Å². The molecule has 96 valence electrons. The maximum absolute atomic E-state index is 11.9. The Morgan fingerprint density at radius 2 is 2.16 bits per heavy atom. The molecule has 1 aromatic carbocycles. The minimum Gasteiger partial charge on any atom is -0.341 e. The van der Waals surface area contributed by atoms with E-state index in [9.17, 15) is 4.79 Å². The van der Waals surface area contributed by atoms with Crippen LogP contribution in [-0.4, -0.2) is 10.8 Å². The van der Waals surface area contributed by atoms with Crippen LogP contribution in [0.25, 0.3) is 10.9 Å². The summed E-state index contributed by atoms with van der Waals surface area (Å²) in [6, 6.07) is 9.80. The Morgan fingerprint density at radius 1 is 1.37 bits per heavy atom. The van der Waals surface area contributed by atoms with Gasteiger partial charge in [0.1, 0.15) is 5.82 Å². The predicted octanol–water partition coefficient (Wildman–Crippen LogP) is 4.94. The molecule has 19 heavy (non-hydrogen) atoms. The van der Waals surface area contributed by atoms with E-state index in [1.54, 1.807) is 18.3 Å². The van der Waals surface area contributed by atoms with Crippen LogP contribution >= 0.6 is 27.3 Å². The molecule has 0 aliphatic rings. The van der Waals surface area contributed by atoms with Crippen LogP contribution in [0, 0.1) is 0 Å². The number of hydrogen-bond donors (Lipinski definition) is 2. The average molecular weight is 335 g/mol. The fraction of sp³-hybridized carbons (Fsp3) is 0.0714. The smallest absolute Gasteiger partial charge is 0.164 e. The van der Waals surface area contributed by atoms with E-state index >= 15 is 0 Å². The molecule has 0 aliphatic carbocycles. The molecule has 0 radical (unpaired) electrons. The fourth-order valence-corrected chi connectivity index (χ4v) is 3.43. The fourth-order valence-electron chi connectivity index (χ4n) is 2.10. The number of fused-ring (bicyclic) bond motifs is 1. The van der Waals surface area contributed by atoms with Crippen LogP contribution in [0.5, 0.6) is 0 Å². The minimum absolute atomic E-state index is 0.0515. The first-order valence-corrected chi connectivity index (χ1v) is 7.45. The summed E-state index contributed by atoms with van der Waals surface area (Å²) in [5.74, 6) is 0.804. The number of anilines is 2. The highest BCUT2D eigenvalue weighted by Gasteiger charge is 2.15. The zero-order valence-electron chi connectivity index (χ0n) is 10.2. The maximum Gasteiger partial charge on any atom is 0.164 e. The summed E-state index contributed by atoms with van der Waals surface area (Å²) in [7, 11) is 0. The summed E-state index contributed by atoms with van der Waals surface area (Å²) in [5.41, 5.74) is 1.67. The maximum atomic E-state index is 11.9. The monoisotopic (exact) mass is 334 g/mol. The molecule has 0 spiro atoms. The van der Waals surface area contributed by atoms with Gasteiger partial charge >= 0.3 is 0 Å². The molecule has 0 bridgehead atoms. The number of thiophene rings is 1. The van der Waals surface area contributed by atoms with Gasteiger partial charge in [0.05, 0.1) is 10.6 Å². The molecule has 3 rings (SSSR count). The van der Waals surface area contributed by atoms with Crippen molar-refractivity contribution >= 4 is 54.8 Å². The number of nitrogens with one attached hydrogen (secondary N) is 2. The number of carbonyl (C=O) groups is 1. The van der Waals surface area contributed by atoms with E-state index in [0.717, 1.165) is 26.2 Å². The molecule has 0 atom stereocenters. The second kappa shape index (κ2) is 4.83. The highest BCUT2D eigenvalue weighted by atomic mass is 79.9. The molecule has 3 nitrogen and oxygen atoms in total. The van der Waals surface area contributed by atoms with Crippen molar-refractivity contribution in [3.63, 3.8) is 0 Å². The van der Waals surface area contributed by atoms with Gasteiger partial charge < -0.3 is 10.3 Å². The first kappa shape index (κ1) is 12.4. The Morgan fingerprint density at radius 3 is 2.84 bits per heavy atom. The standard InChI is InChI=1S/C14H11BrN2OS/c1-8(18)13-10-4-2-3-5-11(10)16-14(13)17-12-6-9(15)7-19-12/h2-7,16-17H,1H3. The van der Waals surface area contributed by atoms with Crippen molar-refractivity contribution in [3.05, 3.63) is 45.7 Å². The topological polar surface area (TPSA) is 44.9 Å². The van der Waals surface area contributed by atoms with Gasteiger partial charge in [-0.05, 0) is 35.0 Å². The van der Waals surface area contributed by atoms with Crippen LogP contribution in [0.1, 0.15) is 17.3 Å². The summed E-state index contributed by atoms with van der Waals surface area (Å²) < 4.78 is 1.03. The molecule has 0 fully saturated rings. The second-order valence-corrected chi connectivity index (χ2v) is 6.06. The normalized spacial score (nSPS) is 10.8. The first-order valence-electron chi connectivity index (χ1n) is 5.78.